The van der Waals surface area contributed by atoms with Gasteiger partial charge in [-0.05, 0) is 12.5 Å². The fourth-order valence-electron chi connectivity index (χ4n) is 1.53. The Balaban J connectivity index is 2.60. The van der Waals surface area contributed by atoms with Gasteiger partial charge in [0.2, 0.25) is 0 Å². The number of carboxylic acids is 1. The lowest BCUT2D eigenvalue weighted by molar-refractivity contribution is 0.0697. The van der Waals surface area contributed by atoms with Gasteiger partial charge in [-0.1, -0.05) is 29.8 Å². The van der Waals surface area contributed by atoms with E-state index in [9.17, 15) is 4.79 Å². The maximum atomic E-state index is 11.0. The van der Waals surface area contributed by atoms with Gasteiger partial charge >= 0.3 is 5.97 Å². The number of aromatic carboxylic acids is 1. The van der Waals surface area contributed by atoms with Crippen LogP contribution in [-0.2, 0) is 0 Å². The van der Waals surface area contributed by atoms with Crippen molar-refractivity contribution in [1.82, 2.24) is 10.2 Å². The molecule has 0 aliphatic carbocycles. The van der Waals surface area contributed by atoms with Crippen LogP contribution in [0.25, 0.3) is 11.1 Å². The number of rotatable bonds is 2. The van der Waals surface area contributed by atoms with Crippen LogP contribution in [0.1, 0.15) is 15.9 Å². The van der Waals surface area contributed by atoms with Gasteiger partial charge in [0.05, 0.1) is 18.0 Å². The third kappa shape index (κ3) is 1.91. The minimum absolute atomic E-state index is 0.167. The lowest BCUT2D eigenvalue weighted by Crippen LogP contribution is -2.01. The fourth-order valence-corrected chi connectivity index (χ4v) is 1.53. The van der Waals surface area contributed by atoms with Crippen LogP contribution in [0.2, 0.25) is 0 Å². The second-order valence-electron chi connectivity index (χ2n) is 3.49. The summed E-state index contributed by atoms with van der Waals surface area (Å²) in [5.74, 6) is -0.994. The van der Waals surface area contributed by atoms with Crippen molar-refractivity contribution in [2.24, 2.45) is 0 Å². The highest BCUT2D eigenvalue weighted by Gasteiger charge is 2.11. The second kappa shape index (κ2) is 4.10. The molecule has 0 radical (unpaired) electrons. The van der Waals surface area contributed by atoms with Crippen molar-refractivity contribution in [3.8, 4) is 11.1 Å². The molecule has 1 heterocycles. The van der Waals surface area contributed by atoms with Crippen LogP contribution in [-0.4, -0.2) is 21.3 Å². The predicted molar refractivity (Wildman–Crippen MR) is 59.2 cm³/mol. The molecule has 0 saturated carbocycles. The lowest BCUT2D eigenvalue weighted by Gasteiger charge is -2.05. The van der Waals surface area contributed by atoms with Gasteiger partial charge in [0.15, 0.2) is 0 Å². The Bertz CT molecular complexity index is 538. The SMILES string of the molecule is Cc1cccc(-c2cnncc2C(=O)O)c1. The van der Waals surface area contributed by atoms with E-state index in [0.717, 1.165) is 11.1 Å². The summed E-state index contributed by atoms with van der Waals surface area (Å²) in [4.78, 5) is 11.0. The molecule has 0 spiro atoms. The summed E-state index contributed by atoms with van der Waals surface area (Å²) >= 11 is 0. The van der Waals surface area contributed by atoms with E-state index in [1.54, 1.807) is 0 Å². The van der Waals surface area contributed by atoms with E-state index in [1.807, 2.05) is 31.2 Å². The van der Waals surface area contributed by atoms with Gasteiger partial charge < -0.3 is 5.11 Å². The summed E-state index contributed by atoms with van der Waals surface area (Å²) in [6.07, 6.45) is 2.73. The zero-order valence-corrected chi connectivity index (χ0v) is 8.71. The summed E-state index contributed by atoms with van der Waals surface area (Å²) in [6.45, 7) is 1.96. The molecule has 16 heavy (non-hydrogen) atoms. The minimum atomic E-state index is -0.994. The first kappa shape index (κ1) is 10.3. The molecular formula is C12H10N2O2. The van der Waals surface area contributed by atoms with Gasteiger partial charge in [0.1, 0.15) is 0 Å². The predicted octanol–water partition coefficient (Wildman–Crippen LogP) is 2.15. The number of hydrogen-bond donors (Lipinski definition) is 1. The largest absolute Gasteiger partial charge is 0.478 e. The van der Waals surface area contributed by atoms with Crippen LogP contribution >= 0.6 is 0 Å². The average molecular weight is 214 g/mol. The second-order valence-corrected chi connectivity index (χ2v) is 3.49. The quantitative estimate of drug-likeness (QED) is 0.831. The number of hydrogen-bond acceptors (Lipinski definition) is 3. The summed E-state index contributed by atoms with van der Waals surface area (Å²) in [5.41, 5.74) is 2.67. The van der Waals surface area contributed by atoms with Crippen molar-refractivity contribution in [2.45, 2.75) is 6.92 Å². The van der Waals surface area contributed by atoms with Gasteiger partial charge in [-0.15, -0.1) is 0 Å². The van der Waals surface area contributed by atoms with Crippen LogP contribution in [0.4, 0.5) is 0 Å². The zero-order valence-electron chi connectivity index (χ0n) is 8.71. The van der Waals surface area contributed by atoms with Crippen LogP contribution in [0.3, 0.4) is 0 Å². The first-order valence-corrected chi connectivity index (χ1v) is 4.79. The van der Waals surface area contributed by atoms with Crippen LogP contribution in [0.5, 0.6) is 0 Å². The van der Waals surface area contributed by atoms with E-state index >= 15 is 0 Å². The Kier molecular flexibility index (Phi) is 2.64. The molecule has 1 aromatic heterocycles. The van der Waals surface area contributed by atoms with Crippen LogP contribution in [0.15, 0.2) is 36.7 Å². The van der Waals surface area contributed by atoms with Gasteiger partial charge in [0, 0.05) is 5.56 Å². The van der Waals surface area contributed by atoms with E-state index in [-0.39, 0.29) is 5.56 Å². The highest BCUT2D eigenvalue weighted by molar-refractivity contribution is 5.95. The van der Waals surface area contributed by atoms with E-state index in [2.05, 4.69) is 10.2 Å². The Hall–Kier alpha value is -2.23. The minimum Gasteiger partial charge on any atom is -0.478 e. The molecule has 2 aromatic rings. The Morgan fingerprint density at radius 3 is 2.69 bits per heavy atom. The number of benzene rings is 1. The fraction of sp³-hybridized carbons (Fsp3) is 0.0833. The highest BCUT2D eigenvalue weighted by atomic mass is 16.4. The third-order valence-electron chi connectivity index (χ3n) is 2.29. The number of aryl methyl sites for hydroxylation is 1. The van der Waals surface area contributed by atoms with Crippen molar-refractivity contribution >= 4 is 5.97 Å². The molecule has 0 atom stereocenters. The first-order chi connectivity index (χ1) is 7.68. The molecule has 4 heteroatoms. The van der Waals surface area contributed by atoms with Crippen molar-refractivity contribution in [3.05, 3.63) is 47.8 Å². The maximum absolute atomic E-state index is 11.0. The third-order valence-corrected chi connectivity index (χ3v) is 2.29. The molecule has 2 rings (SSSR count). The lowest BCUT2D eigenvalue weighted by atomic mass is 10.0. The van der Waals surface area contributed by atoms with Gasteiger partial charge in [-0.2, -0.15) is 10.2 Å². The maximum Gasteiger partial charge on any atom is 0.338 e. The molecule has 0 aliphatic rings. The number of carboxylic acid groups (broad SMARTS) is 1. The molecule has 1 N–H and O–H groups in total. The van der Waals surface area contributed by atoms with Crippen molar-refractivity contribution in [3.63, 3.8) is 0 Å². The smallest absolute Gasteiger partial charge is 0.338 e. The summed E-state index contributed by atoms with van der Waals surface area (Å²) in [5, 5.41) is 16.3. The molecule has 0 saturated heterocycles. The molecule has 0 bridgehead atoms. The van der Waals surface area contributed by atoms with Crippen molar-refractivity contribution in [1.29, 1.82) is 0 Å². The van der Waals surface area contributed by atoms with E-state index in [0.29, 0.717) is 5.56 Å². The first-order valence-electron chi connectivity index (χ1n) is 4.79. The molecule has 0 aliphatic heterocycles. The van der Waals surface area contributed by atoms with Gasteiger partial charge in [-0.25, -0.2) is 4.79 Å². The van der Waals surface area contributed by atoms with Gasteiger partial charge in [0.25, 0.3) is 0 Å². The zero-order chi connectivity index (χ0) is 11.5. The van der Waals surface area contributed by atoms with Crippen LogP contribution < -0.4 is 0 Å². The molecule has 0 unspecified atom stereocenters. The molecule has 0 amide bonds. The van der Waals surface area contributed by atoms with Crippen LogP contribution in [0, 0.1) is 6.92 Å². The topological polar surface area (TPSA) is 63.1 Å². The summed E-state index contributed by atoms with van der Waals surface area (Å²) in [7, 11) is 0. The monoisotopic (exact) mass is 214 g/mol. The Labute approximate surface area is 92.6 Å². The van der Waals surface area contributed by atoms with E-state index in [4.69, 9.17) is 5.11 Å². The van der Waals surface area contributed by atoms with E-state index in [1.165, 1.54) is 12.4 Å². The van der Waals surface area contributed by atoms with Crippen molar-refractivity contribution < 1.29 is 9.90 Å². The molecular weight excluding hydrogens is 204 g/mol. The summed E-state index contributed by atoms with van der Waals surface area (Å²) in [6, 6.07) is 7.62. The van der Waals surface area contributed by atoms with Gasteiger partial charge in [-0.3, -0.25) is 0 Å². The van der Waals surface area contributed by atoms with Crippen molar-refractivity contribution in [2.75, 3.05) is 0 Å². The molecule has 4 nitrogen and oxygen atoms in total. The summed E-state index contributed by atoms with van der Waals surface area (Å²) < 4.78 is 0. The number of aromatic nitrogens is 2. The molecule has 80 valence electrons. The van der Waals surface area contributed by atoms with E-state index < -0.39 is 5.97 Å². The average Bonchev–Trinajstić information content (AvgIpc) is 2.29. The normalized spacial score (nSPS) is 10.1. The Morgan fingerprint density at radius 2 is 2.00 bits per heavy atom. The number of nitrogens with zero attached hydrogens (tertiary/aromatic N) is 2. The Morgan fingerprint density at radius 1 is 1.25 bits per heavy atom. The molecule has 0 fully saturated rings. The highest BCUT2D eigenvalue weighted by Crippen LogP contribution is 2.22. The molecule has 1 aromatic carbocycles. The standard InChI is InChI=1S/C12H10N2O2/c1-8-3-2-4-9(5-8)10-6-13-14-7-11(10)12(15)16/h2-7H,1H3,(H,15,16). The number of carbonyl (C=O) groups is 1.